The highest BCUT2D eigenvalue weighted by Crippen LogP contribution is 2.23. The van der Waals surface area contributed by atoms with Gasteiger partial charge in [0, 0.05) is 26.8 Å². The molecule has 0 heterocycles. The summed E-state index contributed by atoms with van der Waals surface area (Å²) in [4.78, 5) is 0. The van der Waals surface area contributed by atoms with Crippen molar-refractivity contribution in [2.75, 3.05) is 20.3 Å². The zero-order valence-electron chi connectivity index (χ0n) is 12.8. The van der Waals surface area contributed by atoms with Gasteiger partial charge in [-0.05, 0) is 42.4 Å². The fourth-order valence-electron chi connectivity index (χ4n) is 2.16. The Hall–Kier alpha value is -1.06. The maximum atomic E-state index is 9.75. The van der Waals surface area contributed by atoms with Gasteiger partial charge in [-0.1, -0.05) is 26.0 Å². The Kier molecular flexibility index (Phi) is 5.83. The van der Waals surface area contributed by atoms with Crippen molar-refractivity contribution >= 4 is 0 Å². The Morgan fingerprint density at radius 3 is 2.32 bits per heavy atom. The summed E-state index contributed by atoms with van der Waals surface area (Å²) < 4.78 is 5.13. The van der Waals surface area contributed by atoms with Gasteiger partial charge < -0.3 is 15.2 Å². The van der Waals surface area contributed by atoms with Gasteiger partial charge in [-0.15, -0.1) is 0 Å². The lowest BCUT2D eigenvalue weighted by Gasteiger charge is -2.24. The van der Waals surface area contributed by atoms with E-state index >= 15 is 0 Å². The molecule has 1 aromatic rings. The minimum atomic E-state index is 0.233. The minimum Gasteiger partial charge on any atom is -0.507 e. The number of phenols is 1. The molecule has 0 saturated carbocycles. The normalized spacial score (nSPS) is 11.8. The molecule has 0 saturated heterocycles. The van der Waals surface area contributed by atoms with E-state index in [1.807, 2.05) is 26.0 Å². The molecule has 0 aliphatic heterocycles. The standard InChI is InChI=1S/C16H27NO2/c1-12-8-14(9-13(2)15(12)18)10-17-11-16(3,4)6-7-19-5/h8-9,17-18H,6-7,10-11H2,1-5H3. The Bertz CT molecular complexity index is 390. The number of hydrogen-bond acceptors (Lipinski definition) is 3. The van der Waals surface area contributed by atoms with Gasteiger partial charge in [-0.2, -0.15) is 0 Å². The number of aryl methyl sites for hydroxylation is 2. The van der Waals surface area contributed by atoms with Crippen LogP contribution < -0.4 is 5.32 Å². The van der Waals surface area contributed by atoms with E-state index in [9.17, 15) is 5.11 Å². The maximum Gasteiger partial charge on any atom is 0.121 e. The van der Waals surface area contributed by atoms with Crippen LogP contribution in [0.15, 0.2) is 12.1 Å². The van der Waals surface area contributed by atoms with Gasteiger partial charge in [0.1, 0.15) is 5.75 Å². The highest BCUT2D eigenvalue weighted by Gasteiger charge is 2.16. The van der Waals surface area contributed by atoms with E-state index in [0.717, 1.165) is 37.2 Å². The monoisotopic (exact) mass is 265 g/mol. The largest absolute Gasteiger partial charge is 0.507 e. The Labute approximate surface area is 117 Å². The molecule has 0 aliphatic carbocycles. The molecular formula is C16H27NO2. The van der Waals surface area contributed by atoms with Crippen molar-refractivity contribution in [3.8, 4) is 5.75 Å². The summed E-state index contributed by atoms with van der Waals surface area (Å²) in [6.45, 7) is 10.9. The summed E-state index contributed by atoms with van der Waals surface area (Å²) in [5, 5.41) is 13.2. The molecule has 2 N–H and O–H groups in total. The lowest BCUT2D eigenvalue weighted by atomic mass is 9.89. The SMILES string of the molecule is COCCC(C)(C)CNCc1cc(C)c(O)c(C)c1. The fraction of sp³-hybridized carbons (Fsp3) is 0.625. The molecule has 0 fully saturated rings. The zero-order chi connectivity index (χ0) is 14.5. The first-order chi connectivity index (χ1) is 8.85. The number of phenolic OH excluding ortho intramolecular Hbond substituents is 1. The van der Waals surface area contributed by atoms with Crippen molar-refractivity contribution < 1.29 is 9.84 Å². The lowest BCUT2D eigenvalue weighted by molar-refractivity contribution is 0.150. The number of ether oxygens (including phenoxy) is 1. The average molecular weight is 265 g/mol. The molecular weight excluding hydrogens is 238 g/mol. The molecule has 0 bridgehead atoms. The van der Waals surface area contributed by atoms with Crippen LogP contribution in [0.1, 0.15) is 37.0 Å². The van der Waals surface area contributed by atoms with Crippen LogP contribution in [0.25, 0.3) is 0 Å². The van der Waals surface area contributed by atoms with Crippen LogP contribution in [-0.2, 0) is 11.3 Å². The molecule has 0 amide bonds. The molecule has 3 heteroatoms. The lowest BCUT2D eigenvalue weighted by Crippen LogP contribution is -2.30. The number of benzene rings is 1. The summed E-state index contributed by atoms with van der Waals surface area (Å²) in [5.74, 6) is 0.407. The first kappa shape index (κ1) is 16.0. The van der Waals surface area contributed by atoms with E-state index < -0.39 is 0 Å². The molecule has 19 heavy (non-hydrogen) atoms. The van der Waals surface area contributed by atoms with E-state index in [0.29, 0.717) is 5.75 Å². The van der Waals surface area contributed by atoms with Crippen molar-refractivity contribution in [2.24, 2.45) is 5.41 Å². The third-order valence-electron chi connectivity index (χ3n) is 3.47. The summed E-state index contributed by atoms with van der Waals surface area (Å²) >= 11 is 0. The molecule has 0 spiro atoms. The zero-order valence-corrected chi connectivity index (χ0v) is 12.8. The molecule has 0 radical (unpaired) electrons. The second-order valence-corrected chi connectivity index (χ2v) is 6.09. The van der Waals surface area contributed by atoms with Crippen LogP contribution in [0.4, 0.5) is 0 Å². The van der Waals surface area contributed by atoms with E-state index in [1.54, 1.807) is 7.11 Å². The van der Waals surface area contributed by atoms with E-state index in [-0.39, 0.29) is 5.41 Å². The Morgan fingerprint density at radius 2 is 1.79 bits per heavy atom. The second kappa shape index (κ2) is 6.92. The highest BCUT2D eigenvalue weighted by atomic mass is 16.5. The van der Waals surface area contributed by atoms with Crippen molar-refractivity contribution in [2.45, 2.75) is 40.7 Å². The number of methoxy groups -OCH3 is 1. The van der Waals surface area contributed by atoms with Gasteiger partial charge >= 0.3 is 0 Å². The quantitative estimate of drug-likeness (QED) is 0.795. The number of rotatable bonds is 7. The maximum absolute atomic E-state index is 9.75. The summed E-state index contributed by atoms with van der Waals surface area (Å²) in [5.41, 5.74) is 3.33. The Morgan fingerprint density at radius 1 is 1.21 bits per heavy atom. The molecule has 108 valence electrons. The third-order valence-corrected chi connectivity index (χ3v) is 3.47. The molecule has 1 aromatic carbocycles. The number of hydrogen-bond donors (Lipinski definition) is 2. The number of nitrogens with one attached hydrogen (secondary N) is 1. The average Bonchev–Trinajstić information content (AvgIpc) is 2.33. The van der Waals surface area contributed by atoms with Gasteiger partial charge in [-0.25, -0.2) is 0 Å². The van der Waals surface area contributed by atoms with Crippen molar-refractivity contribution in [3.63, 3.8) is 0 Å². The minimum absolute atomic E-state index is 0.233. The van der Waals surface area contributed by atoms with E-state index in [2.05, 4.69) is 19.2 Å². The number of aromatic hydroxyl groups is 1. The topological polar surface area (TPSA) is 41.5 Å². The van der Waals surface area contributed by atoms with Gasteiger partial charge in [0.15, 0.2) is 0 Å². The molecule has 0 atom stereocenters. The third kappa shape index (κ3) is 5.21. The van der Waals surface area contributed by atoms with Crippen molar-refractivity contribution in [1.82, 2.24) is 5.32 Å². The molecule has 1 rings (SSSR count). The summed E-state index contributed by atoms with van der Waals surface area (Å²) in [7, 11) is 1.74. The summed E-state index contributed by atoms with van der Waals surface area (Å²) in [6.07, 6.45) is 1.05. The first-order valence-corrected chi connectivity index (χ1v) is 6.84. The predicted molar refractivity (Wildman–Crippen MR) is 79.6 cm³/mol. The van der Waals surface area contributed by atoms with Crippen LogP contribution >= 0.6 is 0 Å². The van der Waals surface area contributed by atoms with Crippen molar-refractivity contribution in [3.05, 3.63) is 28.8 Å². The van der Waals surface area contributed by atoms with Crippen LogP contribution in [0, 0.1) is 19.3 Å². The summed E-state index contributed by atoms with van der Waals surface area (Å²) in [6, 6.07) is 4.08. The first-order valence-electron chi connectivity index (χ1n) is 6.84. The molecule has 0 aliphatic rings. The fourth-order valence-corrected chi connectivity index (χ4v) is 2.16. The highest BCUT2D eigenvalue weighted by molar-refractivity contribution is 5.42. The van der Waals surface area contributed by atoms with Crippen LogP contribution in [0.2, 0.25) is 0 Å². The molecule has 0 aromatic heterocycles. The van der Waals surface area contributed by atoms with Gasteiger partial charge in [-0.3, -0.25) is 0 Å². The van der Waals surface area contributed by atoms with Gasteiger partial charge in [0.2, 0.25) is 0 Å². The van der Waals surface area contributed by atoms with E-state index in [1.165, 1.54) is 5.56 Å². The van der Waals surface area contributed by atoms with Crippen LogP contribution in [-0.4, -0.2) is 25.4 Å². The van der Waals surface area contributed by atoms with Crippen LogP contribution in [0.3, 0.4) is 0 Å². The van der Waals surface area contributed by atoms with Crippen molar-refractivity contribution in [1.29, 1.82) is 0 Å². The smallest absolute Gasteiger partial charge is 0.121 e. The second-order valence-electron chi connectivity index (χ2n) is 6.09. The van der Waals surface area contributed by atoms with Crippen LogP contribution in [0.5, 0.6) is 5.75 Å². The predicted octanol–water partition coefficient (Wildman–Crippen LogP) is 3.16. The van der Waals surface area contributed by atoms with Gasteiger partial charge in [0.25, 0.3) is 0 Å². The van der Waals surface area contributed by atoms with Gasteiger partial charge in [0.05, 0.1) is 0 Å². The Balaban J connectivity index is 2.49. The van der Waals surface area contributed by atoms with E-state index in [4.69, 9.17) is 4.74 Å². The molecule has 3 nitrogen and oxygen atoms in total. The molecule has 0 unspecified atom stereocenters.